The summed E-state index contributed by atoms with van der Waals surface area (Å²) >= 11 is 12.7. The first-order valence-electron chi connectivity index (χ1n) is 10.4. The van der Waals surface area contributed by atoms with Crippen LogP contribution in [0.15, 0.2) is 66.2 Å². The van der Waals surface area contributed by atoms with E-state index in [0.717, 1.165) is 0 Å². The number of anilines is 1. The van der Waals surface area contributed by atoms with E-state index in [0.29, 0.717) is 17.0 Å². The molecule has 3 aromatic carbocycles. The molecule has 1 heterocycles. The van der Waals surface area contributed by atoms with Crippen molar-refractivity contribution in [3.05, 3.63) is 87.4 Å². The summed E-state index contributed by atoms with van der Waals surface area (Å²) < 4.78 is 16.1. The number of carbonyl (C=O) groups is 2. The largest absolute Gasteiger partial charge is 0.507 e. The van der Waals surface area contributed by atoms with Crippen LogP contribution in [0.3, 0.4) is 0 Å². The minimum absolute atomic E-state index is 0.0132. The number of aliphatic hydroxyl groups excluding tert-OH is 1. The van der Waals surface area contributed by atoms with Gasteiger partial charge in [0.15, 0.2) is 11.5 Å². The Kier molecular flexibility index (Phi) is 6.91. The third kappa shape index (κ3) is 4.07. The molecule has 0 aromatic heterocycles. The third-order valence-corrected chi connectivity index (χ3v) is 6.32. The number of amides is 1. The lowest BCUT2D eigenvalue weighted by Crippen LogP contribution is -2.29. The van der Waals surface area contributed by atoms with Gasteiger partial charge in [0.05, 0.1) is 49.2 Å². The molecule has 0 saturated carbocycles. The van der Waals surface area contributed by atoms with Crippen molar-refractivity contribution < 1.29 is 28.9 Å². The van der Waals surface area contributed by atoms with Crippen LogP contribution < -0.4 is 19.1 Å². The molecule has 180 valence electrons. The summed E-state index contributed by atoms with van der Waals surface area (Å²) in [4.78, 5) is 28.1. The molecule has 0 aliphatic carbocycles. The van der Waals surface area contributed by atoms with Crippen LogP contribution in [-0.4, -0.2) is 38.1 Å². The SMILES string of the molecule is COc1ccccc1N1C(=O)C(=O)/C(=C(/O)c2cc(Cl)c(OC)c(Cl)c2OC)C1c1ccccc1. The van der Waals surface area contributed by atoms with Crippen molar-refractivity contribution in [1.82, 2.24) is 0 Å². The maximum absolute atomic E-state index is 13.4. The molecule has 1 aliphatic rings. The van der Waals surface area contributed by atoms with Gasteiger partial charge >= 0.3 is 0 Å². The van der Waals surface area contributed by atoms with Crippen molar-refractivity contribution >= 4 is 46.3 Å². The Hall–Kier alpha value is -3.68. The predicted molar refractivity (Wildman–Crippen MR) is 134 cm³/mol. The Morgan fingerprint density at radius 1 is 0.886 bits per heavy atom. The summed E-state index contributed by atoms with van der Waals surface area (Å²) in [5, 5.41) is 11.6. The Morgan fingerprint density at radius 2 is 1.51 bits per heavy atom. The van der Waals surface area contributed by atoms with Crippen LogP contribution >= 0.6 is 23.2 Å². The predicted octanol–water partition coefficient (Wildman–Crippen LogP) is 5.65. The Balaban J connectivity index is 2.03. The molecule has 1 aliphatic heterocycles. The quantitative estimate of drug-likeness (QED) is 0.260. The van der Waals surface area contributed by atoms with E-state index < -0.39 is 23.5 Å². The number of para-hydroxylation sites is 2. The molecular weight excluding hydrogens is 493 g/mol. The van der Waals surface area contributed by atoms with Crippen LogP contribution in [0.4, 0.5) is 5.69 Å². The molecule has 0 bridgehead atoms. The summed E-state index contributed by atoms with van der Waals surface area (Å²) in [7, 11) is 4.22. The number of carbonyl (C=O) groups excluding carboxylic acids is 2. The maximum atomic E-state index is 13.4. The van der Waals surface area contributed by atoms with E-state index in [1.807, 2.05) is 6.07 Å². The Morgan fingerprint density at radius 3 is 2.14 bits per heavy atom. The second-order valence-electron chi connectivity index (χ2n) is 7.54. The van der Waals surface area contributed by atoms with Gasteiger partial charge in [0.1, 0.15) is 16.5 Å². The number of nitrogens with zero attached hydrogens (tertiary/aromatic N) is 1. The fourth-order valence-corrected chi connectivity index (χ4v) is 4.84. The summed E-state index contributed by atoms with van der Waals surface area (Å²) in [6.07, 6.45) is 0. The molecule has 7 nitrogen and oxygen atoms in total. The molecule has 1 atom stereocenters. The van der Waals surface area contributed by atoms with Crippen LogP contribution in [0.25, 0.3) is 5.76 Å². The highest BCUT2D eigenvalue weighted by Crippen LogP contribution is 2.48. The Labute approximate surface area is 212 Å². The highest BCUT2D eigenvalue weighted by Gasteiger charge is 2.48. The van der Waals surface area contributed by atoms with E-state index in [1.165, 1.54) is 32.3 Å². The number of hydrogen-bond acceptors (Lipinski definition) is 6. The maximum Gasteiger partial charge on any atom is 0.300 e. The van der Waals surface area contributed by atoms with Crippen molar-refractivity contribution in [3.8, 4) is 17.2 Å². The first-order chi connectivity index (χ1) is 16.8. The zero-order valence-electron chi connectivity index (χ0n) is 19.0. The van der Waals surface area contributed by atoms with E-state index in [1.54, 1.807) is 48.5 Å². The van der Waals surface area contributed by atoms with E-state index in [4.69, 9.17) is 37.4 Å². The second kappa shape index (κ2) is 9.90. The molecule has 35 heavy (non-hydrogen) atoms. The summed E-state index contributed by atoms with van der Waals surface area (Å²) in [5.74, 6) is -1.61. The molecular formula is C26H21Cl2NO6. The van der Waals surface area contributed by atoms with Crippen molar-refractivity contribution in [2.75, 3.05) is 26.2 Å². The van der Waals surface area contributed by atoms with Gasteiger partial charge in [-0.25, -0.2) is 0 Å². The lowest BCUT2D eigenvalue weighted by atomic mass is 9.94. The number of aliphatic hydroxyl groups is 1. The van der Waals surface area contributed by atoms with Crippen LogP contribution in [-0.2, 0) is 9.59 Å². The van der Waals surface area contributed by atoms with Gasteiger partial charge in [-0.1, -0.05) is 65.7 Å². The molecule has 0 radical (unpaired) electrons. The van der Waals surface area contributed by atoms with Gasteiger partial charge in [0.25, 0.3) is 11.7 Å². The molecule has 9 heteroatoms. The van der Waals surface area contributed by atoms with Crippen molar-refractivity contribution in [1.29, 1.82) is 0 Å². The van der Waals surface area contributed by atoms with Crippen LogP contribution in [0.1, 0.15) is 17.2 Å². The first kappa shape index (κ1) is 24.4. The Bertz CT molecular complexity index is 1340. The second-order valence-corrected chi connectivity index (χ2v) is 8.32. The zero-order valence-corrected chi connectivity index (χ0v) is 20.6. The fourth-order valence-electron chi connectivity index (χ4n) is 4.15. The fraction of sp³-hybridized carbons (Fsp3) is 0.154. The van der Waals surface area contributed by atoms with Gasteiger partial charge in [-0.3, -0.25) is 14.5 Å². The molecule has 4 rings (SSSR count). The van der Waals surface area contributed by atoms with Gasteiger partial charge in [0.2, 0.25) is 0 Å². The van der Waals surface area contributed by atoms with E-state index >= 15 is 0 Å². The van der Waals surface area contributed by atoms with Crippen LogP contribution in [0.5, 0.6) is 17.2 Å². The molecule has 1 unspecified atom stereocenters. The highest BCUT2D eigenvalue weighted by atomic mass is 35.5. The van der Waals surface area contributed by atoms with Gasteiger partial charge in [-0.05, 0) is 23.8 Å². The lowest BCUT2D eigenvalue weighted by molar-refractivity contribution is -0.132. The normalized spacial score (nSPS) is 16.9. The van der Waals surface area contributed by atoms with E-state index in [-0.39, 0.29) is 32.7 Å². The summed E-state index contributed by atoms with van der Waals surface area (Å²) in [6, 6.07) is 16.1. The number of hydrogen-bond donors (Lipinski definition) is 1. The first-order valence-corrected chi connectivity index (χ1v) is 11.2. The zero-order chi connectivity index (χ0) is 25.3. The number of ketones is 1. The van der Waals surface area contributed by atoms with Gasteiger partial charge < -0.3 is 19.3 Å². The summed E-state index contributed by atoms with van der Waals surface area (Å²) in [6.45, 7) is 0. The van der Waals surface area contributed by atoms with Gasteiger partial charge in [0, 0.05) is 0 Å². The van der Waals surface area contributed by atoms with Crippen LogP contribution in [0.2, 0.25) is 10.0 Å². The number of benzene rings is 3. The topological polar surface area (TPSA) is 85.3 Å². The molecule has 1 N–H and O–H groups in total. The number of ether oxygens (including phenoxy) is 3. The van der Waals surface area contributed by atoms with Gasteiger partial charge in [-0.2, -0.15) is 0 Å². The van der Waals surface area contributed by atoms with Crippen molar-refractivity contribution in [2.24, 2.45) is 0 Å². The van der Waals surface area contributed by atoms with Crippen molar-refractivity contribution in [2.45, 2.75) is 6.04 Å². The molecule has 1 fully saturated rings. The monoisotopic (exact) mass is 513 g/mol. The minimum Gasteiger partial charge on any atom is -0.507 e. The number of rotatable bonds is 6. The summed E-state index contributed by atoms with van der Waals surface area (Å²) in [5.41, 5.74) is 0.872. The molecule has 1 amide bonds. The van der Waals surface area contributed by atoms with E-state index in [2.05, 4.69) is 0 Å². The standard InChI is InChI=1S/C26H21Cl2NO6/c1-33-18-12-8-7-11-17(18)29-21(14-9-5-4-6-10-14)19(23(31)26(29)32)22(30)15-13-16(27)25(35-3)20(28)24(15)34-2/h4-13,21,30H,1-3H3/b22-19+. The number of methoxy groups -OCH3 is 3. The minimum atomic E-state index is -0.961. The number of Topliss-reactive ketones (excluding diaryl/α,β-unsaturated/α-hetero) is 1. The molecule has 1 saturated heterocycles. The molecule has 3 aromatic rings. The van der Waals surface area contributed by atoms with Crippen LogP contribution in [0, 0.1) is 0 Å². The lowest BCUT2D eigenvalue weighted by Gasteiger charge is -2.27. The number of halogens is 2. The van der Waals surface area contributed by atoms with Gasteiger partial charge in [-0.15, -0.1) is 0 Å². The smallest absolute Gasteiger partial charge is 0.300 e. The van der Waals surface area contributed by atoms with Crippen molar-refractivity contribution in [3.63, 3.8) is 0 Å². The average molecular weight is 514 g/mol. The third-order valence-electron chi connectivity index (χ3n) is 5.70. The molecule has 0 spiro atoms. The van der Waals surface area contributed by atoms with E-state index in [9.17, 15) is 14.7 Å². The highest BCUT2D eigenvalue weighted by molar-refractivity contribution is 6.52. The average Bonchev–Trinajstić information content (AvgIpc) is 3.14.